The summed E-state index contributed by atoms with van der Waals surface area (Å²) in [4.78, 5) is 6.68. The Bertz CT molecular complexity index is 1350. The number of phenols is 1. The first-order valence-corrected chi connectivity index (χ1v) is 12.0. The lowest BCUT2D eigenvalue weighted by Gasteiger charge is -2.28. The molecule has 0 unspecified atom stereocenters. The summed E-state index contributed by atoms with van der Waals surface area (Å²) in [6.07, 6.45) is 2.76. The molecule has 1 aliphatic heterocycles. The van der Waals surface area contributed by atoms with Gasteiger partial charge in [0.05, 0.1) is 23.5 Å². The van der Waals surface area contributed by atoms with E-state index in [1.54, 1.807) is 12.3 Å². The van der Waals surface area contributed by atoms with Gasteiger partial charge in [0.2, 0.25) is 0 Å². The Morgan fingerprint density at radius 3 is 2.38 bits per heavy atom. The molecule has 1 saturated heterocycles. The van der Waals surface area contributed by atoms with Crippen LogP contribution in [0.25, 0.3) is 5.69 Å². The minimum Gasteiger partial charge on any atom is -0.506 e. The van der Waals surface area contributed by atoms with Crippen molar-refractivity contribution in [2.75, 3.05) is 4.90 Å². The third kappa shape index (κ3) is 3.64. The summed E-state index contributed by atoms with van der Waals surface area (Å²) in [6.45, 7) is 6.49. The van der Waals surface area contributed by atoms with Crippen LogP contribution in [0, 0.1) is 13.8 Å². The van der Waals surface area contributed by atoms with Crippen molar-refractivity contribution in [1.82, 2.24) is 14.9 Å². The Labute approximate surface area is 205 Å². The molecule has 1 aliphatic rings. The Balaban J connectivity index is 1.71. The van der Waals surface area contributed by atoms with E-state index in [2.05, 4.69) is 66.0 Å². The van der Waals surface area contributed by atoms with E-state index in [4.69, 9.17) is 12.2 Å². The first kappa shape index (κ1) is 22.2. The first-order chi connectivity index (χ1) is 16.5. The van der Waals surface area contributed by atoms with Crippen LogP contribution in [0.4, 0.5) is 5.69 Å². The summed E-state index contributed by atoms with van der Waals surface area (Å²) in [7, 11) is 0. The number of benzene rings is 2. The number of nitrogens with zero attached hydrogens (tertiary/aromatic N) is 3. The minimum atomic E-state index is -0.176. The highest BCUT2D eigenvalue weighted by Crippen LogP contribution is 2.45. The van der Waals surface area contributed by atoms with E-state index in [0.717, 1.165) is 29.1 Å². The topological polar surface area (TPSA) is 53.3 Å². The molecule has 5 nitrogen and oxygen atoms in total. The SMILES string of the molecule is CCc1ccccc1-n1c(C)cc([C@H]2[C@@H](c3ccccn3)NC(=S)N2c2ccccc2O)c1C. The Morgan fingerprint density at radius 1 is 0.971 bits per heavy atom. The van der Waals surface area contributed by atoms with Crippen molar-refractivity contribution in [3.8, 4) is 11.4 Å². The van der Waals surface area contributed by atoms with Crippen molar-refractivity contribution in [3.63, 3.8) is 0 Å². The first-order valence-electron chi connectivity index (χ1n) is 11.6. The molecule has 0 aliphatic carbocycles. The normalized spacial score (nSPS) is 17.7. The predicted octanol–water partition coefficient (Wildman–Crippen LogP) is 5.93. The van der Waals surface area contributed by atoms with Crippen LogP contribution >= 0.6 is 12.2 Å². The fourth-order valence-corrected chi connectivity index (χ4v) is 5.42. The molecule has 172 valence electrons. The molecular weight excluding hydrogens is 440 g/mol. The number of thiocarbonyl (C=S) groups is 1. The van der Waals surface area contributed by atoms with Gasteiger partial charge < -0.3 is 19.9 Å². The van der Waals surface area contributed by atoms with Crippen LogP contribution < -0.4 is 10.2 Å². The quantitative estimate of drug-likeness (QED) is 0.355. The van der Waals surface area contributed by atoms with Gasteiger partial charge in [0.1, 0.15) is 5.75 Å². The van der Waals surface area contributed by atoms with E-state index in [-0.39, 0.29) is 17.8 Å². The smallest absolute Gasteiger partial charge is 0.174 e. The van der Waals surface area contributed by atoms with Crippen molar-refractivity contribution in [2.24, 2.45) is 0 Å². The summed E-state index contributed by atoms with van der Waals surface area (Å²) in [6, 6.07) is 23.7. The monoisotopic (exact) mass is 468 g/mol. The molecule has 2 N–H and O–H groups in total. The van der Waals surface area contributed by atoms with Gasteiger partial charge in [0.15, 0.2) is 5.11 Å². The van der Waals surface area contributed by atoms with Crippen molar-refractivity contribution < 1.29 is 5.11 Å². The molecule has 1 fully saturated rings. The second kappa shape index (κ2) is 8.95. The van der Waals surface area contributed by atoms with E-state index < -0.39 is 0 Å². The standard InChI is InChI=1S/C28H28N4OS/c1-4-20-11-5-6-13-23(20)31-18(2)17-21(19(31)3)27-26(22-12-9-10-16-29-22)30-28(34)32(27)24-14-7-8-15-25(24)33/h5-17,26-27,33H,4H2,1-3H3,(H,30,34)/t26-,27+/m1/s1. The van der Waals surface area contributed by atoms with E-state index in [1.165, 1.54) is 11.3 Å². The molecule has 0 spiro atoms. The van der Waals surface area contributed by atoms with E-state index in [9.17, 15) is 5.11 Å². The predicted molar refractivity (Wildman–Crippen MR) is 141 cm³/mol. The van der Waals surface area contributed by atoms with Gasteiger partial charge in [0.25, 0.3) is 0 Å². The van der Waals surface area contributed by atoms with Crippen molar-refractivity contribution in [1.29, 1.82) is 0 Å². The van der Waals surface area contributed by atoms with Crippen LogP contribution in [0.3, 0.4) is 0 Å². The fourth-order valence-electron chi connectivity index (χ4n) is 5.08. The molecule has 34 heavy (non-hydrogen) atoms. The van der Waals surface area contributed by atoms with Gasteiger partial charge in [-0.3, -0.25) is 4.98 Å². The summed E-state index contributed by atoms with van der Waals surface area (Å²) in [5.41, 5.74) is 7.54. The van der Waals surface area contributed by atoms with Crippen LogP contribution in [0.1, 0.15) is 47.2 Å². The second-order valence-corrected chi connectivity index (χ2v) is 9.02. The molecule has 0 amide bonds. The molecule has 5 rings (SSSR count). The number of phenolic OH excluding ortho intramolecular Hbond substituents is 1. The maximum Gasteiger partial charge on any atom is 0.174 e. The van der Waals surface area contributed by atoms with Crippen molar-refractivity contribution in [2.45, 2.75) is 39.3 Å². The fraction of sp³-hybridized carbons (Fsp3) is 0.214. The second-order valence-electron chi connectivity index (χ2n) is 8.63. The van der Waals surface area contributed by atoms with Crippen molar-refractivity contribution >= 4 is 23.0 Å². The highest BCUT2D eigenvalue weighted by Gasteiger charge is 2.43. The summed E-state index contributed by atoms with van der Waals surface area (Å²) in [5.74, 6) is 0.198. The molecule has 3 heterocycles. The van der Waals surface area contributed by atoms with Gasteiger partial charge in [0, 0.05) is 23.3 Å². The largest absolute Gasteiger partial charge is 0.506 e. The number of rotatable bonds is 5. The molecule has 4 aromatic rings. The Hall–Kier alpha value is -3.64. The zero-order valence-electron chi connectivity index (χ0n) is 19.6. The number of hydrogen-bond donors (Lipinski definition) is 2. The molecule has 2 aromatic heterocycles. The third-order valence-electron chi connectivity index (χ3n) is 6.64. The maximum absolute atomic E-state index is 10.7. The molecular formula is C28H28N4OS. The molecule has 0 radical (unpaired) electrons. The molecule has 2 atom stereocenters. The van der Waals surface area contributed by atoms with Crippen LogP contribution in [-0.4, -0.2) is 19.8 Å². The lowest BCUT2D eigenvalue weighted by Crippen LogP contribution is -2.29. The Morgan fingerprint density at radius 2 is 1.68 bits per heavy atom. The number of aromatic hydroxyl groups is 1. The summed E-state index contributed by atoms with van der Waals surface area (Å²) in [5, 5.41) is 14.8. The Kier molecular flexibility index (Phi) is 5.84. The highest BCUT2D eigenvalue weighted by molar-refractivity contribution is 7.80. The summed E-state index contributed by atoms with van der Waals surface area (Å²) < 4.78 is 2.33. The minimum absolute atomic E-state index is 0.163. The average Bonchev–Trinajstić information content (AvgIpc) is 3.35. The van der Waals surface area contributed by atoms with Crippen LogP contribution in [0.15, 0.2) is 79.0 Å². The van der Waals surface area contributed by atoms with Gasteiger partial charge in [-0.15, -0.1) is 0 Å². The zero-order chi connectivity index (χ0) is 23.8. The summed E-state index contributed by atoms with van der Waals surface area (Å²) >= 11 is 5.82. The number of pyridine rings is 1. The van der Waals surface area contributed by atoms with Crippen LogP contribution in [0.5, 0.6) is 5.75 Å². The van der Waals surface area contributed by atoms with Gasteiger partial charge in [-0.2, -0.15) is 0 Å². The van der Waals surface area contributed by atoms with Crippen molar-refractivity contribution in [3.05, 3.63) is 107 Å². The lowest BCUT2D eigenvalue weighted by molar-refractivity contribution is 0.472. The van der Waals surface area contributed by atoms with E-state index in [0.29, 0.717) is 10.8 Å². The third-order valence-corrected chi connectivity index (χ3v) is 6.96. The highest BCUT2D eigenvalue weighted by atomic mass is 32.1. The molecule has 0 saturated carbocycles. The number of para-hydroxylation sites is 3. The maximum atomic E-state index is 10.7. The molecule has 0 bridgehead atoms. The van der Waals surface area contributed by atoms with Crippen LogP contribution in [-0.2, 0) is 6.42 Å². The zero-order valence-corrected chi connectivity index (χ0v) is 20.4. The number of aromatic nitrogens is 2. The van der Waals surface area contributed by atoms with Gasteiger partial charge in [-0.1, -0.05) is 43.3 Å². The number of anilines is 1. The van der Waals surface area contributed by atoms with E-state index in [1.807, 2.05) is 41.3 Å². The number of nitrogens with one attached hydrogen (secondary N) is 1. The molecule has 2 aromatic carbocycles. The van der Waals surface area contributed by atoms with E-state index >= 15 is 0 Å². The van der Waals surface area contributed by atoms with Gasteiger partial charge in [-0.05, 0) is 80.0 Å². The van der Waals surface area contributed by atoms with Gasteiger partial charge in [-0.25, -0.2) is 0 Å². The average molecular weight is 469 g/mol. The van der Waals surface area contributed by atoms with Crippen LogP contribution in [0.2, 0.25) is 0 Å². The number of hydrogen-bond acceptors (Lipinski definition) is 3. The molecule has 6 heteroatoms. The lowest BCUT2D eigenvalue weighted by atomic mass is 9.96. The number of aryl methyl sites for hydroxylation is 2. The van der Waals surface area contributed by atoms with Gasteiger partial charge >= 0.3 is 0 Å².